The molecule has 0 bridgehead atoms. The molecule has 0 unspecified atom stereocenters. The van der Waals surface area contributed by atoms with Gasteiger partial charge >= 0.3 is 0 Å². The number of nitrogens with one attached hydrogen (secondary N) is 2. The number of carbonyl (C=O) groups is 1. The number of fused-ring (bicyclic) bond motifs is 1. The second-order valence-electron chi connectivity index (χ2n) is 8.13. The number of nitrogens with zero attached hydrogens (tertiary/aromatic N) is 5. The number of aromatic nitrogens is 4. The molecule has 11 heteroatoms. The van der Waals surface area contributed by atoms with Crippen molar-refractivity contribution in [2.45, 2.75) is 25.2 Å². The molecular formula is C21H25FN8O2. The van der Waals surface area contributed by atoms with E-state index in [-0.39, 0.29) is 18.0 Å². The molecular weight excluding hydrogens is 415 g/mol. The van der Waals surface area contributed by atoms with Crippen LogP contribution in [-0.4, -0.2) is 75.9 Å². The fraction of sp³-hybridized carbons (Fsp3) is 0.429. The van der Waals surface area contributed by atoms with Crippen molar-refractivity contribution in [1.82, 2.24) is 35.1 Å². The van der Waals surface area contributed by atoms with Crippen LogP contribution in [0, 0.1) is 0 Å². The van der Waals surface area contributed by atoms with Crippen LogP contribution in [0.1, 0.15) is 22.3 Å². The minimum Gasteiger partial charge on any atom is -0.480 e. The van der Waals surface area contributed by atoms with Crippen LogP contribution in [-0.2, 0) is 6.54 Å². The van der Waals surface area contributed by atoms with Gasteiger partial charge in [-0.3, -0.25) is 9.69 Å². The molecule has 0 aliphatic carbocycles. The summed E-state index contributed by atoms with van der Waals surface area (Å²) in [5, 5.41) is 10.1. The van der Waals surface area contributed by atoms with Gasteiger partial charge in [-0.1, -0.05) is 0 Å². The molecule has 5 rings (SSSR count). The van der Waals surface area contributed by atoms with Crippen LogP contribution in [0.2, 0.25) is 0 Å². The Bertz CT molecular complexity index is 1160. The topological polar surface area (TPSA) is 123 Å². The standard InChI is InChI=1S/C21H25FN8O2/c1-32-21-14(20(31)28-16-9-24-8-15(16)22)5-12(7-25-21)17-6-13(10-29-3-2-4-29)18-19(23)26-11-27-30(17)18/h5-7,11,15-16,24H,2-4,8-10H2,1H3,(H,28,31)(H2,23,26,27)/t15-,16+/m0/s1. The second-order valence-corrected chi connectivity index (χ2v) is 8.13. The van der Waals surface area contributed by atoms with E-state index in [9.17, 15) is 9.18 Å². The van der Waals surface area contributed by atoms with E-state index in [1.165, 1.54) is 19.9 Å². The zero-order valence-electron chi connectivity index (χ0n) is 17.7. The van der Waals surface area contributed by atoms with Gasteiger partial charge in [0.1, 0.15) is 23.6 Å². The minimum absolute atomic E-state index is 0.170. The third kappa shape index (κ3) is 3.63. The molecule has 0 aromatic carbocycles. The molecule has 2 aliphatic rings. The third-order valence-electron chi connectivity index (χ3n) is 6.05. The Morgan fingerprint density at radius 3 is 2.88 bits per heavy atom. The average Bonchev–Trinajstić information content (AvgIpc) is 3.34. The number of pyridine rings is 1. The number of nitrogen functional groups attached to an aromatic ring is 1. The number of hydrogen-bond donors (Lipinski definition) is 3. The van der Waals surface area contributed by atoms with Crippen molar-refractivity contribution in [3.8, 4) is 17.1 Å². The first kappa shape index (κ1) is 20.6. The molecule has 4 N–H and O–H groups in total. The van der Waals surface area contributed by atoms with Crippen molar-refractivity contribution in [2.24, 2.45) is 0 Å². The summed E-state index contributed by atoms with van der Waals surface area (Å²) in [5.41, 5.74) is 9.57. The van der Waals surface area contributed by atoms with E-state index >= 15 is 0 Å². The summed E-state index contributed by atoms with van der Waals surface area (Å²) < 4.78 is 21.0. The van der Waals surface area contributed by atoms with Crippen LogP contribution in [0.5, 0.6) is 5.88 Å². The van der Waals surface area contributed by atoms with Gasteiger partial charge in [-0.05, 0) is 37.2 Å². The van der Waals surface area contributed by atoms with Crippen molar-refractivity contribution in [3.63, 3.8) is 0 Å². The number of halogens is 1. The number of anilines is 1. The van der Waals surface area contributed by atoms with E-state index in [4.69, 9.17) is 10.5 Å². The lowest BCUT2D eigenvalue weighted by molar-refractivity contribution is 0.0920. The van der Waals surface area contributed by atoms with Gasteiger partial charge in [0.05, 0.1) is 18.8 Å². The number of rotatable bonds is 6. The van der Waals surface area contributed by atoms with Gasteiger partial charge in [-0.15, -0.1) is 0 Å². The predicted octanol–water partition coefficient (Wildman–Crippen LogP) is 0.628. The van der Waals surface area contributed by atoms with E-state index in [2.05, 4.69) is 30.6 Å². The number of likely N-dealkylation sites (tertiary alicyclic amines) is 1. The van der Waals surface area contributed by atoms with Gasteiger partial charge in [0.2, 0.25) is 5.88 Å². The Morgan fingerprint density at radius 2 is 2.19 bits per heavy atom. The van der Waals surface area contributed by atoms with Gasteiger partial charge in [-0.2, -0.15) is 5.10 Å². The predicted molar refractivity (Wildman–Crippen MR) is 116 cm³/mol. The Morgan fingerprint density at radius 1 is 1.34 bits per heavy atom. The summed E-state index contributed by atoms with van der Waals surface area (Å²) in [6.07, 6.45) is 3.07. The number of alkyl halides is 1. The maximum atomic E-state index is 14.0. The largest absolute Gasteiger partial charge is 0.480 e. The SMILES string of the molecule is COc1ncc(-c2cc(CN3CCC3)c3c(N)ncnn23)cc1C(=O)N[C@@H]1CNC[C@@H]1F. The summed E-state index contributed by atoms with van der Waals surface area (Å²) in [5.74, 6) is 0.121. The van der Waals surface area contributed by atoms with E-state index in [1.807, 2.05) is 6.07 Å². The van der Waals surface area contributed by atoms with Gasteiger partial charge in [0.25, 0.3) is 5.91 Å². The molecule has 1 amide bonds. The van der Waals surface area contributed by atoms with Crippen LogP contribution in [0.4, 0.5) is 10.2 Å². The lowest BCUT2D eigenvalue weighted by Gasteiger charge is -2.30. The lowest BCUT2D eigenvalue weighted by atomic mass is 10.1. The van der Waals surface area contributed by atoms with Crippen molar-refractivity contribution in [2.75, 3.05) is 39.0 Å². The van der Waals surface area contributed by atoms with Crippen molar-refractivity contribution in [3.05, 3.63) is 35.8 Å². The number of amides is 1. The first-order valence-corrected chi connectivity index (χ1v) is 10.6. The van der Waals surface area contributed by atoms with E-state index in [0.29, 0.717) is 17.9 Å². The highest BCUT2D eigenvalue weighted by Crippen LogP contribution is 2.31. The molecule has 3 aromatic rings. The summed E-state index contributed by atoms with van der Waals surface area (Å²) in [6.45, 7) is 3.42. The fourth-order valence-electron chi connectivity index (χ4n) is 4.20. The Hall–Kier alpha value is -3.31. The Kier molecular flexibility index (Phi) is 5.35. The highest BCUT2D eigenvalue weighted by molar-refractivity contribution is 5.98. The highest BCUT2D eigenvalue weighted by atomic mass is 19.1. The summed E-state index contributed by atoms with van der Waals surface area (Å²) in [6, 6.07) is 3.09. The molecule has 5 heterocycles. The van der Waals surface area contributed by atoms with Crippen molar-refractivity contribution < 1.29 is 13.9 Å². The number of hydrogen-bond acceptors (Lipinski definition) is 8. The molecule has 0 radical (unpaired) electrons. The molecule has 0 spiro atoms. The van der Waals surface area contributed by atoms with Gasteiger partial charge in [0, 0.05) is 31.4 Å². The van der Waals surface area contributed by atoms with Crippen LogP contribution in [0.15, 0.2) is 24.7 Å². The Balaban J connectivity index is 1.54. The average molecular weight is 440 g/mol. The molecule has 3 aromatic heterocycles. The lowest BCUT2D eigenvalue weighted by Crippen LogP contribution is -2.41. The fourth-order valence-corrected chi connectivity index (χ4v) is 4.20. The molecule has 32 heavy (non-hydrogen) atoms. The first-order chi connectivity index (χ1) is 15.5. The van der Waals surface area contributed by atoms with E-state index < -0.39 is 18.1 Å². The van der Waals surface area contributed by atoms with Crippen LogP contribution in [0.25, 0.3) is 16.8 Å². The molecule has 2 aliphatic heterocycles. The van der Waals surface area contributed by atoms with Crippen LogP contribution in [0.3, 0.4) is 0 Å². The normalized spacial score (nSPS) is 20.9. The number of ether oxygens (including phenoxy) is 1. The number of nitrogens with two attached hydrogens (primary N) is 1. The van der Waals surface area contributed by atoms with Crippen LogP contribution < -0.4 is 21.1 Å². The summed E-state index contributed by atoms with van der Waals surface area (Å²) in [4.78, 5) is 23.7. The Labute approximate surface area is 184 Å². The van der Waals surface area contributed by atoms with Gasteiger partial charge in [-0.25, -0.2) is 18.9 Å². The molecule has 2 fully saturated rings. The molecule has 0 saturated carbocycles. The number of methoxy groups -OCH3 is 1. The smallest absolute Gasteiger partial charge is 0.257 e. The molecule has 10 nitrogen and oxygen atoms in total. The molecule has 168 valence electrons. The molecule has 2 saturated heterocycles. The third-order valence-corrected chi connectivity index (χ3v) is 6.05. The maximum Gasteiger partial charge on any atom is 0.257 e. The maximum absolute atomic E-state index is 14.0. The minimum atomic E-state index is -1.14. The molecule has 2 atom stereocenters. The quantitative estimate of drug-likeness (QED) is 0.510. The zero-order chi connectivity index (χ0) is 22.2. The zero-order valence-corrected chi connectivity index (χ0v) is 17.7. The summed E-state index contributed by atoms with van der Waals surface area (Å²) >= 11 is 0. The van der Waals surface area contributed by atoms with Crippen molar-refractivity contribution in [1.29, 1.82) is 0 Å². The van der Waals surface area contributed by atoms with E-state index in [1.54, 1.807) is 16.8 Å². The van der Waals surface area contributed by atoms with E-state index in [0.717, 1.165) is 36.4 Å². The van der Waals surface area contributed by atoms with Crippen LogP contribution >= 0.6 is 0 Å². The highest BCUT2D eigenvalue weighted by Gasteiger charge is 2.29. The first-order valence-electron chi connectivity index (χ1n) is 10.6. The van der Waals surface area contributed by atoms with Gasteiger partial charge in [0.15, 0.2) is 5.82 Å². The monoisotopic (exact) mass is 440 g/mol. The number of carbonyl (C=O) groups excluding carboxylic acids is 1. The second kappa shape index (κ2) is 8.32. The summed E-state index contributed by atoms with van der Waals surface area (Å²) in [7, 11) is 1.44. The van der Waals surface area contributed by atoms with Gasteiger partial charge < -0.3 is 21.1 Å². The van der Waals surface area contributed by atoms with Crippen molar-refractivity contribution >= 4 is 17.2 Å².